The van der Waals surface area contributed by atoms with Gasteiger partial charge in [-0.25, -0.2) is 0 Å². The second kappa shape index (κ2) is 13.4. The average molecular weight is 339 g/mol. The first-order chi connectivity index (χ1) is 11.4. The van der Waals surface area contributed by atoms with Gasteiger partial charge in [-0.1, -0.05) is 13.0 Å². The van der Waals surface area contributed by atoms with E-state index in [0.29, 0.717) is 19.0 Å². The van der Waals surface area contributed by atoms with Gasteiger partial charge in [-0.3, -0.25) is 14.9 Å². The highest BCUT2D eigenvalue weighted by atomic mass is 16.3. The molecule has 0 rings (SSSR count). The number of rotatable bonds is 14. The van der Waals surface area contributed by atoms with Gasteiger partial charge < -0.3 is 20.1 Å². The van der Waals surface area contributed by atoms with Crippen molar-refractivity contribution in [1.82, 2.24) is 15.5 Å². The number of aliphatic hydroxyl groups is 1. The molecule has 3 N–H and O–H groups in total. The van der Waals surface area contributed by atoms with E-state index in [9.17, 15) is 19.5 Å². The van der Waals surface area contributed by atoms with Gasteiger partial charge >= 0.3 is 0 Å². The second-order valence-corrected chi connectivity index (χ2v) is 5.65. The summed E-state index contributed by atoms with van der Waals surface area (Å²) in [5.41, 5.74) is 0.777. The maximum absolute atomic E-state index is 11.4. The molecule has 0 spiro atoms. The van der Waals surface area contributed by atoms with Crippen molar-refractivity contribution in [1.29, 1.82) is 0 Å². The van der Waals surface area contributed by atoms with E-state index in [4.69, 9.17) is 0 Å². The molecule has 0 saturated carbocycles. The van der Waals surface area contributed by atoms with E-state index in [0.717, 1.165) is 31.5 Å². The molecule has 2 unspecified atom stereocenters. The van der Waals surface area contributed by atoms with Gasteiger partial charge in [-0.15, -0.1) is 0 Å². The van der Waals surface area contributed by atoms with Crippen LogP contribution in [0.25, 0.3) is 0 Å². The van der Waals surface area contributed by atoms with Gasteiger partial charge in [-0.2, -0.15) is 0 Å². The molecule has 2 atom stereocenters. The van der Waals surface area contributed by atoms with Crippen LogP contribution in [0.4, 0.5) is 0 Å². The lowest BCUT2D eigenvalue weighted by molar-refractivity contribution is -0.123. The van der Waals surface area contributed by atoms with Crippen LogP contribution in [0.3, 0.4) is 0 Å². The molecule has 0 saturated heterocycles. The third-order valence-electron chi connectivity index (χ3n) is 3.42. The molecule has 24 heavy (non-hydrogen) atoms. The van der Waals surface area contributed by atoms with E-state index in [1.54, 1.807) is 13.0 Å². The number of nitrogens with zero attached hydrogens (tertiary/aromatic N) is 1. The number of likely N-dealkylation sites (N-methyl/N-ethyl adjacent to an activating group) is 1. The molecule has 0 aliphatic heterocycles. The quantitative estimate of drug-likeness (QED) is 0.139. The fourth-order valence-corrected chi connectivity index (χ4v) is 1.94. The fourth-order valence-electron chi connectivity index (χ4n) is 1.94. The number of amides is 1. The van der Waals surface area contributed by atoms with Crippen LogP contribution in [-0.2, 0) is 14.4 Å². The number of unbranched alkanes of at least 4 members (excludes halogenated alkanes) is 2. The first-order valence-electron chi connectivity index (χ1n) is 8.08. The minimum absolute atomic E-state index is 0.0228. The van der Waals surface area contributed by atoms with Crippen LogP contribution in [0.15, 0.2) is 24.4 Å². The summed E-state index contributed by atoms with van der Waals surface area (Å²) in [5.74, 6) is -0.322. The highest BCUT2D eigenvalue weighted by Gasteiger charge is 2.09. The van der Waals surface area contributed by atoms with Crippen LogP contribution in [0.1, 0.15) is 32.6 Å². The molecular weight excluding hydrogens is 310 g/mol. The van der Waals surface area contributed by atoms with E-state index < -0.39 is 12.3 Å². The highest BCUT2D eigenvalue weighted by Crippen LogP contribution is 2.06. The van der Waals surface area contributed by atoms with Crippen LogP contribution in [0.2, 0.25) is 0 Å². The number of carbonyl (C=O) groups is 3. The average Bonchev–Trinajstić information content (AvgIpc) is 2.56. The monoisotopic (exact) mass is 339 g/mol. The molecule has 0 heterocycles. The van der Waals surface area contributed by atoms with Gasteiger partial charge in [0.1, 0.15) is 18.8 Å². The van der Waals surface area contributed by atoms with Crippen molar-refractivity contribution in [2.24, 2.45) is 0 Å². The smallest absolute Gasteiger partial charge is 0.234 e. The van der Waals surface area contributed by atoms with Crippen molar-refractivity contribution in [2.75, 3.05) is 20.1 Å². The molecule has 0 radical (unpaired) electrons. The molecule has 136 valence electrons. The first kappa shape index (κ1) is 22.0. The van der Waals surface area contributed by atoms with E-state index in [2.05, 4.69) is 17.2 Å². The summed E-state index contributed by atoms with van der Waals surface area (Å²) >= 11 is 0. The summed E-state index contributed by atoms with van der Waals surface area (Å²) in [6, 6.07) is -0.524. The third-order valence-corrected chi connectivity index (χ3v) is 3.42. The Morgan fingerprint density at radius 3 is 2.62 bits per heavy atom. The zero-order valence-corrected chi connectivity index (χ0v) is 14.5. The van der Waals surface area contributed by atoms with Crippen molar-refractivity contribution in [2.45, 2.75) is 44.9 Å². The summed E-state index contributed by atoms with van der Waals surface area (Å²) in [7, 11) is 1.91. The molecule has 7 nitrogen and oxygen atoms in total. The minimum atomic E-state index is -0.745. The standard InChI is InChI=1S/C17H29N3O4/c1-14(13-22)19-17(24)12-18-16(23)9-5-4-6-10-20(3)15(2)8-7-11-21/h7-8,11,13-14,16,18,23H,2,4-6,9-10,12H2,1,3H3,(H,19,24)/b8-7-. The predicted octanol–water partition coefficient (Wildman–Crippen LogP) is 0.359. The summed E-state index contributed by atoms with van der Waals surface area (Å²) in [6.45, 7) is 6.24. The zero-order chi connectivity index (χ0) is 18.4. The van der Waals surface area contributed by atoms with Gasteiger partial charge in [0, 0.05) is 19.3 Å². The maximum Gasteiger partial charge on any atom is 0.234 e. The third kappa shape index (κ3) is 11.6. The Bertz CT molecular complexity index is 438. The minimum Gasteiger partial charge on any atom is -0.379 e. The van der Waals surface area contributed by atoms with Crippen molar-refractivity contribution >= 4 is 18.5 Å². The Labute approximate surface area is 143 Å². The molecule has 0 fully saturated rings. The number of aldehydes is 2. The summed E-state index contributed by atoms with van der Waals surface area (Å²) < 4.78 is 0. The maximum atomic E-state index is 11.4. The summed E-state index contributed by atoms with van der Waals surface area (Å²) in [5, 5.41) is 14.9. The molecular formula is C17H29N3O4. The lowest BCUT2D eigenvalue weighted by atomic mass is 10.1. The lowest BCUT2D eigenvalue weighted by Crippen LogP contribution is -2.42. The first-order valence-corrected chi connectivity index (χ1v) is 8.08. The Morgan fingerprint density at radius 2 is 2.00 bits per heavy atom. The Kier molecular flexibility index (Phi) is 12.3. The van der Waals surface area contributed by atoms with Crippen LogP contribution in [0, 0.1) is 0 Å². The Balaban J connectivity index is 3.71. The van der Waals surface area contributed by atoms with E-state index in [-0.39, 0.29) is 12.5 Å². The van der Waals surface area contributed by atoms with Crippen molar-refractivity contribution in [3.05, 3.63) is 24.4 Å². The zero-order valence-electron chi connectivity index (χ0n) is 14.5. The van der Waals surface area contributed by atoms with Gasteiger partial charge in [0.25, 0.3) is 0 Å². The van der Waals surface area contributed by atoms with E-state index in [1.165, 1.54) is 6.08 Å². The van der Waals surface area contributed by atoms with Gasteiger partial charge in [-0.05, 0) is 38.3 Å². The number of hydrogen-bond donors (Lipinski definition) is 3. The van der Waals surface area contributed by atoms with Crippen molar-refractivity contribution in [3.8, 4) is 0 Å². The molecule has 0 aromatic carbocycles. The number of carbonyl (C=O) groups excluding carboxylic acids is 3. The van der Waals surface area contributed by atoms with Crippen LogP contribution in [0.5, 0.6) is 0 Å². The van der Waals surface area contributed by atoms with Crippen LogP contribution >= 0.6 is 0 Å². The van der Waals surface area contributed by atoms with Gasteiger partial charge in [0.05, 0.1) is 12.6 Å². The molecule has 1 amide bonds. The highest BCUT2D eigenvalue weighted by molar-refractivity contribution is 5.81. The number of nitrogens with one attached hydrogen (secondary N) is 2. The Hall–Kier alpha value is -1.99. The molecule has 0 aromatic heterocycles. The van der Waals surface area contributed by atoms with Crippen LogP contribution in [-0.4, -0.2) is 60.9 Å². The van der Waals surface area contributed by atoms with Crippen LogP contribution < -0.4 is 10.6 Å². The predicted molar refractivity (Wildman–Crippen MR) is 93.1 cm³/mol. The fraction of sp³-hybridized carbons (Fsp3) is 0.588. The molecule has 0 aromatic rings. The van der Waals surface area contributed by atoms with Gasteiger partial charge in [0.15, 0.2) is 0 Å². The Morgan fingerprint density at radius 1 is 1.29 bits per heavy atom. The number of aliphatic hydroxyl groups excluding tert-OH is 1. The summed E-state index contributed by atoms with van der Waals surface area (Å²) in [6.07, 6.45) is 6.94. The lowest BCUT2D eigenvalue weighted by Gasteiger charge is -2.19. The second-order valence-electron chi connectivity index (χ2n) is 5.65. The topological polar surface area (TPSA) is 98.7 Å². The molecule has 0 bridgehead atoms. The number of allylic oxidation sites excluding steroid dienone is 2. The number of hydrogen-bond acceptors (Lipinski definition) is 6. The molecule has 7 heteroatoms. The van der Waals surface area contributed by atoms with Crippen molar-refractivity contribution in [3.63, 3.8) is 0 Å². The molecule has 0 aliphatic carbocycles. The van der Waals surface area contributed by atoms with E-state index in [1.807, 2.05) is 11.9 Å². The summed E-state index contributed by atoms with van der Waals surface area (Å²) in [4.78, 5) is 34.0. The largest absolute Gasteiger partial charge is 0.379 e. The molecule has 0 aliphatic rings. The normalized spacial score (nSPS) is 13.3. The van der Waals surface area contributed by atoms with E-state index >= 15 is 0 Å². The van der Waals surface area contributed by atoms with Gasteiger partial charge in [0.2, 0.25) is 5.91 Å². The van der Waals surface area contributed by atoms with Crippen molar-refractivity contribution < 1.29 is 19.5 Å². The SMILES string of the molecule is C=C(/C=C\C=O)N(C)CCCCCC(O)NCC(=O)NC(C)C=O.